The second kappa shape index (κ2) is 10.1. The van der Waals surface area contributed by atoms with Gasteiger partial charge in [0.2, 0.25) is 5.91 Å². The molecule has 0 bridgehead atoms. The lowest BCUT2D eigenvalue weighted by atomic mass is 9.90. The molecule has 4 rings (SSSR count). The zero-order chi connectivity index (χ0) is 21.5. The second-order valence-electron chi connectivity index (χ2n) is 8.13. The summed E-state index contributed by atoms with van der Waals surface area (Å²) >= 11 is 0. The third-order valence-electron chi connectivity index (χ3n) is 5.88. The van der Waals surface area contributed by atoms with Crippen molar-refractivity contribution in [2.45, 2.75) is 44.1 Å². The highest BCUT2D eigenvalue weighted by molar-refractivity contribution is 5.99. The van der Waals surface area contributed by atoms with Crippen LogP contribution in [0.15, 0.2) is 84.9 Å². The van der Waals surface area contributed by atoms with Crippen LogP contribution in [0, 0.1) is 0 Å². The molecule has 0 unspecified atom stereocenters. The highest BCUT2D eigenvalue weighted by Crippen LogP contribution is 2.26. The van der Waals surface area contributed by atoms with Crippen molar-refractivity contribution < 1.29 is 9.59 Å². The van der Waals surface area contributed by atoms with Gasteiger partial charge in [-0.2, -0.15) is 0 Å². The first-order valence-corrected chi connectivity index (χ1v) is 11.0. The number of benzene rings is 3. The van der Waals surface area contributed by atoms with E-state index in [-0.39, 0.29) is 17.9 Å². The van der Waals surface area contributed by atoms with Crippen molar-refractivity contribution in [1.82, 2.24) is 5.32 Å². The quantitative estimate of drug-likeness (QED) is 0.560. The van der Waals surface area contributed by atoms with E-state index in [1.807, 2.05) is 60.7 Å². The Bertz CT molecular complexity index is 955. The van der Waals surface area contributed by atoms with Gasteiger partial charge in [0.15, 0.2) is 0 Å². The normalized spacial score (nSPS) is 14.2. The summed E-state index contributed by atoms with van der Waals surface area (Å²) in [6, 6.07) is 26.9. The van der Waals surface area contributed by atoms with Crippen LogP contribution in [0.2, 0.25) is 0 Å². The molecular formula is C27H28N2O2. The van der Waals surface area contributed by atoms with Gasteiger partial charge in [0, 0.05) is 17.3 Å². The third kappa shape index (κ3) is 5.40. The molecule has 2 amide bonds. The zero-order valence-corrected chi connectivity index (χ0v) is 17.6. The molecule has 158 valence electrons. The van der Waals surface area contributed by atoms with E-state index in [0.717, 1.165) is 24.0 Å². The molecule has 0 aliphatic heterocycles. The summed E-state index contributed by atoms with van der Waals surface area (Å²) < 4.78 is 0. The van der Waals surface area contributed by atoms with E-state index in [9.17, 15) is 9.59 Å². The number of anilines is 1. The molecule has 0 aromatic heterocycles. The van der Waals surface area contributed by atoms with E-state index in [1.54, 1.807) is 24.3 Å². The van der Waals surface area contributed by atoms with Gasteiger partial charge in [0.05, 0.1) is 5.92 Å². The Labute approximate surface area is 183 Å². The number of amides is 2. The van der Waals surface area contributed by atoms with Gasteiger partial charge in [-0.25, -0.2) is 0 Å². The predicted octanol–water partition coefficient (Wildman–Crippen LogP) is 5.52. The van der Waals surface area contributed by atoms with Gasteiger partial charge in [-0.05, 0) is 48.2 Å². The number of hydrogen-bond acceptors (Lipinski definition) is 2. The van der Waals surface area contributed by atoms with Crippen LogP contribution < -0.4 is 10.6 Å². The summed E-state index contributed by atoms with van der Waals surface area (Å²) in [5, 5.41) is 6.15. The van der Waals surface area contributed by atoms with Crippen molar-refractivity contribution in [3.05, 3.63) is 102 Å². The van der Waals surface area contributed by atoms with Crippen LogP contribution >= 0.6 is 0 Å². The Morgan fingerprint density at radius 1 is 0.710 bits per heavy atom. The maximum absolute atomic E-state index is 13.2. The van der Waals surface area contributed by atoms with Crippen LogP contribution in [0.1, 0.15) is 59.5 Å². The van der Waals surface area contributed by atoms with E-state index >= 15 is 0 Å². The summed E-state index contributed by atoms with van der Waals surface area (Å²) in [7, 11) is 0. The zero-order valence-electron chi connectivity index (χ0n) is 17.6. The summed E-state index contributed by atoms with van der Waals surface area (Å²) in [4.78, 5) is 25.7. The number of hydrogen-bond donors (Lipinski definition) is 2. The van der Waals surface area contributed by atoms with Crippen LogP contribution in [0.3, 0.4) is 0 Å². The summed E-state index contributed by atoms with van der Waals surface area (Å²) in [5.41, 5.74) is 3.17. The van der Waals surface area contributed by atoms with E-state index in [0.29, 0.717) is 11.3 Å². The molecule has 3 aromatic rings. The largest absolute Gasteiger partial charge is 0.349 e. The maximum atomic E-state index is 13.2. The fraction of sp³-hybridized carbons (Fsp3) is 0.259. The van der Waals surface area contributed by atoms with Gasteiger partial charge in [0.25, 0.3) is 5.91 Å². The van der Waals surface area contributed by atoms with Gasteiger partial charge in [0.1, 0.15) is 0 Å². The lowest BCUT2D eigenvalue weighted by Crippen LogP contribution is -2.36. The van der Waals surface area contributed by atoms with Crippen molar-refractivity contribution in [1.29, 1.82) is 0 Å². The van der Waals surface area contributed by atoms with Gasteiger partial charge < -0.3 is 10.6 Å². The number of carbonyl (C=O) groups is 2. The predicted molar refractivity (Wildman–Crippen MR) is 124 cm³/mol. The first-order chi connectivity index (χ1) is 15.2. The molecule has 3 aromatic carbocycles. The maximum Gasteiger partial charge on any atom is 0.251 e. The highest BCUT2D eigenvalue weighted by Gasteiger charge is 2.23. The molecule has 4 nitrogen and oxygen atoms in total. The second-order valence-corrected chi connectivity index (χ2v) is 8.13. The SMILES string of the molecule is O=C(NC1CCCCC1)c1ccc(NC(=O)C(c2ccccc2)c2ccccc2)cc1. The van der Waals surface area contributed by atoms with E-state index in [2.05, 4.69) is 10.6 Å². The number of carbonyl (C=O) groups excluding carboxylic acids is 2. The fourth-order valence-electron chi connectivity index (χ4n) is 4.22. The molecule has 4 heteroatoms. The van der Waals surface area contributed by atoms with Crippen LogP contribution in [0.25, 0.3) is 0 Å². The molecule has 31 heavy (non-hydrogen) atoms. The minimum atomic E-state index is -0.406. The van der Waals surface area contributed by atoms with E-state index in [4.69, 9.17) is 0 Å². The van der Waals surface area contributed by atoms with Crippen LogP contribution in [-0.4, -0.2) is 17.9 Å². The molecule has 2 N–H and O–H groups in total. The molecule has 1 saturated carbocycles. The first kappa shape index (κ1) is 20.9. The summed E-state index contributed by atoms with van der Waals surface area (Å²) in [6.45, 7) is 0. The Kier molecular flexibility index (Phi) is 6.78. The Morgan fingerprint density at radius 2 is 1.26 bits per heavy atom. The molecule has 0 saturated heterocycles. The Hall–Kier alpha value is -3.40. The summed E-state index contributed by atoms with van der Waals surface area (Å²) in [5.74, 6) is -0.551. The molecule has 0 atom stereocenters. The fourth-order valence-corrected chi connectivity index (χ4v) is 4.22. The Morgan fingerprint density at radius 3 is 1.81 bits per heavy atom. The smallest absolute Gasteiger partial charge is 0.251 e. The van der Waals surface area contributed by atoms with E-state index in [1.165, 1.54) is 19.3 Å². The Balaban J connectivity index is 1.46. The average molecular weight is 413 g/mol. The first-order valence-electron chi connectivity index (χ1n) is 11.0. The monoisotopic (exact) mass is 412 g/mol. The topological polar surface area (TPSA) is 58.2 Å². The van der Waals surface area contributed by atoms with E-state index < -0.39 is 5.92 Å². The molecule has 1 aliphatic carbocycles. The van der Waals surface area contributed by atoms with Gasteiger partial charge >= 0.3 is 0 Å². The minimum absolute atomic E-state index is 0.0452. The van der Waals surface area contributed by atoms with Crippen LogP contribution in [0.5, 0.6) is 0 Å². The van der Waals surface area contributed by atoms with Gasteiger partial charge in [-0.1, -0.05) is 79.9 Å². The van der Waals surface area contributed by atoms with Crippen molar-refractivity contribution >= 4 is 17.5 Å². The van der Waals surface area contributed by atoms with Gasteiger partial charge in [-0.3, -0.25) is 9.59 Å². The van der Waals surface area contributed by atoms with Crippen molar-refractivity contribution in [3.63, 3.8) is 0 Å². The number of nitrogens with one attached hydrogen (secondary N) is 2. The van der Waals surface area contributed by atoms with Crippen LogP contribution in [0.4, 0.5) is 5.69 Å². The molecule has 1 fully saturated rings. The lowest BCUT2D eigenvalue weighted by Gasteiger charge is -2.22. The average Bonchev–Trinajstić information content (AvgIpc) is 2.82. The standard InChI is InChI=1S/C27H28N2O2/c30-26(28-23-14-8-3-9-15-23)22-16-18-24(19-17-22)29-27(31)25(20-10-4-1-5-11-20)21-12-6-2-7-13-21/h1-2,4-7,10-13,16-19,23,25H,3,8-9,14-15H2,(H,28,30)(H,29,31). The third-order valence-corrected chi connectivity index (χ3v) is 5.88. The molecule has 0 radical (unpaired) electrons. The van der Waals surface area contributed by atoms with Crippen LogP contribution in [-0.2, 0) is 4.79 Å². The highest BCUT2D eigenvalue weighted by atomic mass is 16.2. The molecular weight excluding hydrogens is 384 g/mol. The van der Waals surface area contributed by atoms with Gasteiger partial charge in [-0.15, -0.1) is 0 Å². The number of rotatable bonds is 6. The lowest BCUT2D eigenvalue weighted by molar-refractivity contribution is -0.116. The van der Waals surface area contributed by atoms with Crippen molar-refractivity contribution in [2.75, 3.05) is 5.32 Å². The van der Waals surface area contributed by atoms with Crippen molar-refractivity contribution in [2.24, 2.45) is 0 Å². The van der Waals surface area contributed by atoms with Crippen molar-refractivity contribution in [3.8, 4) is 0 Å². The molecule has 0 heterocycles. The molecule has 1 aliphatic rings. The minimum Gasteiger partial charge on any atom is -0.349 e. The molecule has 0 spiro atoms. The summed E-state index contributed by atoms with van der Waals surface area (Å²) in [6.07, 6.45) is 5.73.